The van der Waals surface area contributed by atoms with Gasteiger partial charge in [0, 0.05) is 34.6 Å². The molecule has 0 saturated carbocycles. The third-order valence-corrected chi connectivity index (χ3v) is 8.67. The molecule has 0 aromatic heterocycles. The second-order valence-corrected chi connectivity index (χ2v) is 12.7. The van der Waals surface area contributed by atoms with Gasteiger partial charge in [-0.15, -0.1) is 0 Å². The Balaban J connectivity index is 2.12. The van der Waals surface area contributed by atoms with E-state index >= 15 is 0 Å². The number of benzene rings is 3. The zero-order chi connectivity index (χ0) is 30.3. The SMILES string of the molecule is CC[C@@H](C)NC(=O)[C@H](Cc1ccccc1)N(Cc1c(Cl)cccc1Cl)C(=O)CN(c1ccc(F)c(Cl)c1)S(C)(=O)=O. The van der Waals surface area contributed by atoms with Crippen molar-refractivity contribution in [3.63, 3.8) is 0 Å². The molecular formula is C29H31Cl3FN3O4S. The summed E-state index contributed by atoms with van der Waals surface area (Å²) in [4.78, 5) is 29.1. The number of nitrogens with one attached hydrogen (secondary N) is 1. The van der Waals surface area contributed by atoms with Gasteiger partial charge in [-0.3, -0.25) is 13.9 Å². The largest absolute Gasteiger partial charge is 0.352 e. The summed E-state index contributed by atoms with van der Waals surface area (Å²) in [5.41, 5.74) is 1.17. The predicted molar refractivity (Wildman–Crippen MR) is 162 cm³/mol. The Bertz CT molecular complexity index is 1470. The molecule has 0 fully saturated rings. The van der Waals surface area contributed by atoms with Crippen molar-refractivity contribution in [1.82, 2.24) is 10.2 Å². The van der Waals surface area contributed by atoms with Crippen LogP contribution in [0.25, 0.3) is 0 Å². The van der Waals surface area contributed by atoms with Crippen molar-refractivity contribution in [2.24, 2.45) is 0 Å². The number of anilines is 1. The summed E-state index contributed by atoms with van der Waals surface area (Å²) in [7, 11) is -4.04. The molecule has 0 bridgehead atoms. The molecule has 0 aliphatic carbocycles. The van der Waals surface area contributed by atoms with Crippen LogP contribution in [-0.4, -0.2) is 50.0 Å². The van der Waals surface area contributed by atoms with E-state index in [1.54, 1.807) is 18.2 Å². The van der Waals surface area contributed by atoms with Crippen LogP contribution in [0.2, 0.25) is 15.1 Å². The van der Waals surface area contributed by atoms with Gasteiger partial charge in [-0.25, -0.2) is 12.8 Å². The maximum atomic E-state index is 14.1. The fraction of sp³-hybridized carbons (Fsp3) is 0.310. The highest BCUT2D eigenvalue weighted by molar-refractivity contribution is 7.92. The predicted octanol–water partition coefficient (Wildman–Crippen LogP) is 6.11. The van der Waals surface area contributed by atoms with Gasteiger partial charge in [0.15, 0.2) is 0 Å². The Morgan fingerprint density at radius 3 is 2.15 bits per heavy atom. The van der Waals surface area contributed by atoms with Gasteiger partial charge in [0.1, 0.15) is 18.4 Å². The van der Waals surface area contributed by atoms with E-state index in [4.69, 9.17) is 34.8 Å². The van der Waals surface area contributed by atoms with Crippen molar-refractivity contribution in [3.05, 3.63) is 98.7 Å². The van der Waals surface area contributed by atoms with E-state index in [9.17, 15) is 22.4 Å². The molecule has 7 nitrogen and oxygen atoms in total. The maximum absolute atomic E-state index is 14.1. The first-order valence-corrected chi connectivity index (χ1v) is 15.8. The highest BCUT2D eigenvalue weighted by Gasteiger charge is 2.34. The van der Waals surface area contributed by atoms with Gasteiger partial charge in [-0.1, -0.05) is 78.1 Å². The number of amides is 2. The molecule has 41 heavy (non-hydrogen) atoms. The molecule has 220 valence electrons. The molecule has 0 unspecified atom stereocenters. The number of rotatable bonds is 12. The van der Waals surface area contributed by atoms with Crippen molar-refractivity contribution in [2.75, 3.05) is 17.1 Å². The summed E-state index contributed by atoms with van der Waals surface area (Å²) in [5, 5.41) is 3.19. The summed E-state index contributed by atoms with van der Waals surface area (Å²) in [5.74, 6) is -1.86. The minimum atomic E-state index is -4.04. The van der Waals surface area contributed by atoms with Crippen LogP contribution >= 0.6 is 34.8 Å². The van der Waals surface area contributed by atoms with Crippen LogP contribution < -0.4 is 9.62 Å². The van der Waals surface area contributed by atoms with Crippen LogP contribution in [0.15, 0.2) is 66.7 Å². The van der Waals surface area contributed by atoms with E-state index in [0.29, 0.717) is 12.0 Å². The molecule has 0 spiro atoms. The number of hydrogen-bond acceptors (Lipinski definition) is 4. The summed E-state index contributed by atoms with van der Waals surface area (Å²) < 4.78 is 40.3. The maximum Gasteiger partial charge on any atom is 0.244 e. The van der Waals surface area contributed by atoms with Crippen molar-refractivity contribution in [3.8, 4) is 0 Å². The fourth-order valence-corrected chi connectivity index (χ4v) is 5.64. The Labute approximate surface area is 255 Å². The lowest BCUT2D eigenvalue weighted by Gasteiger charge is -2.34. The summed E-state index contributed by atoms with van der Waals surface area (Å²) >= 11 is 18.8. The average molecular weight is 643 g/mol. The molecule has 2 atom stereocenters. The van der Waals surface area contributed by atoms with E-state index in [0.717, 1.165) is 28.3 Å². The van der Waals surface area contributed by atoms with E-state index in [2.05, 4.69) is 5.32 Å². The van der Waals surface area contributed by atoms with Crippen molar-refractivity contribution >= 4 is 62.3 Å². The molecule has 3 aromatic carbocycles. The lowest BCUT2D eigenvalue weighted by atomic mass is 10.0. The molecular weight excluding hydrogens is 612 g/mol. The van der Waals surface area contributed by atoms with E-state index in [1.807, 2.05) is 44.2 Å². The lowest BCUT2D eigenvalue weighted by molar-refractivity contribution is -0.140. The minimum absolute atomic E-state index is 0.00774. The molecule has 0 aliphatic rings. The van der Waals surface area contributed by atoms with Gasteiger partial charge in [0.25, 0.3) is 0 Å². The van der Waals surface area contributed by atoms with Crippen LogP contribution in [0.5, 0.6) is 0 Å². The highest BCUT2D eigenvalue weighted by Crippen LogP contribution is 2.29. The molecule has 0 saturated heterocycles. The van der Waals surface area contributed by atoms with Gasteiger partial charge in [0.05, 0.1) is 17.0 Å². The van der Waals surface area contributed by atoms with Crippen molar-refractivity contribution in [2.45, 2.75) is 45.3 Å². The second kappa shape index (κ2) is 14.4. The summed E-state index contributed by atoms with van der Waals surface area (Å²) in [6.07, 6.45) is 1.71. The number of carbonyl (C=O) groups is 2. The number of hydrogen-bond donors (Lipinski definition) is 1. The molecule has 3 rings (SSSR count). The Morgan fingerprint density at radius 1 is 0.951 bits per heavy atom. The van der Waals surface area contributed by atoms with E-state index in [-0.39, 0.29) is 39.8 Å². The van der Waals surface area contributed by atoms with Gasteiger partial charge in [-0.05, 0) is 49.2 Å². The molecule has 0 heterocycles. The molecule has 0 radical (unpaired) electrons. The second-order valence-electron chi connectivity index (χ2n) is 9.61. The summed E-state index contributed by atoms with van der Waals surface area (Å²) in [6, 6.07) is 16.1. The Hall–Kier alpha value is -2.85. The first-order chi connectivity index (χ1) is 19.3. The van der Waals surface area contributed by atoms with Crippen LogP contribution in [0.1, 0.15) is 31.4 Å². The number of halogens is 4. The standard InChI is InChI=1S/C29H31Cl3FN3O4S/c1-4-19(2)34-29(38)27(15-20-9-6-5-7-10-20)35(17-22-23(30)11-8-12-24(22)31)28(37)18-36(41(3,39)40)21-13-14-26(33)25(32)16-21/h5-14,16,19,27H,4,15,17-18H2,1-3H3,(H,34,38)/t19-,27+/m1/s1. The van der Waals surface area contributed by atoms with E-state index in [1.165, 1.54) is 11.0 Å². The van der Waals surface area contributed by atoms with Crippen LogP contribution in [0.3, 0.4) is 0 Å². The van der Waals surface area contributed by atoms with Crippen molar-refractivity contribution < 1.29 is 22.4 Å². The zero-order valence-corrected chi connectivity index (χ0v) is 25.9. The summed E-state index contributed by atoms with van der Waals surface area (Å²) in [6.45, 7) is 2.90. The van der Waals surface area contributed by atoms with Crippen molar-refractivity contribution in [1.29, 1.82) is 0 Å². The highest BCUT2D eigenvalue weighted by atomic mass is 35.5. The third kappa shape index (κ3) is 8.82. The van der Waals surface area contributed by atoms with Crippen LogP contribution in [0, 0.1) is 5.82 Å². The van der Waals surface area contributed by atoms with Crippen LogP contribution in [0.4, 0.5) is 10.1 Å². The fourth-order valence-electron chi connectivity index (χ4n) is 4.10. The molecule has 3 aromatic rings. The number of sulfonamides is 1. The molecule has 12 heteroatoms. The van der Waals surface area contributed by atoms with Crippen LogP contribution in [-0.2, 0) is 32.6 Å². The topological polar surface area (TPSA) is 86.8 Å². The van der Waals surface area contributed by atoms with E-state index < -0.39 is 40.2 Å². The number of carbonyl (C=O) groups excluding carboxylic acids is 2. The Kier molecular flexibility index (Phi) is 11.4. The molecule has 1 N–H and O–H groups in total. The van der Waals surface area contributed by atoms with Gasteiger partial charge >= 0.3 is 0 Å². The molecule has 2 amide bonds. The number of nitrogens with zero attached hydrogens (tertiary/aromatic N) is 2. The normalized spacial score (nSPS) is 12.9. The Morgan fingerprint density at radius 2 is 1.59 bits per heavy atom. The zero-order valence-electron chi connectivity index (χ0n) is 22.8. The van der Waals surface area contributed by atoms with Gasteiger partial charge < -0.3 is 10.2 Å². The lowest BCUT2D eigenvalue weighted by Crippen LogP contribution is -2.54. The first-order valence-electron chi connectivity index (χ1n) is 12.8. The third-order valence-electron chi connectivity index (χ3n) is 6.53. The first kappa shape index (κ1) is 32.7. The minimum Gasteiger partial charge on any atom is -0.352 e. The van der Waals surface area contributed by atoms with Gasteiger partial charge in [-0.2, -0.15) is 0 Å². The monoisotopic (exact) mass is 641 g/mol. The quantitative estimate of drug-likeness (QED) is 0.259. The average Bonchev–Trinajstić information content (AvgIpc) is 2.92. The van der Waals surface area contributed by atoms with Gasteiger partial charge in [0.2, 0.25) is 21.8 Å². The molecule has 0 aliphatic heterocycles. The smallest absolute Gasteiger partial charge is 0.244 e.